The number of anilines is 2. The van der Waals surface area contributed by atoms with Gasteiger partial charge in [0, 0.05) is 55.8 Å². The maximum absolute atomic E-state index is 13.5. The quantitative estimate of drug-likeness (QED) is 0.339. The summed E-state index contributed by atoms with van der Waals surface area (Å²) in [6.45, 7) is 3.71. The lowest BCUT2D eigenvalue weighted by molar-refractivity contribution is -0.134. The van der Waals surface area contributed by atoms with Gasteiger partial charge in [0.2, 0.25) is 12.7 Å². The third-order valence-corrected chi connectivity index (χ3v) is 9.31. The highest BCUT2D eigenvalue weighted by Gasteiger charge is 2.34. The molecule has 236 valence electrons. The number of rotatable bonds is 8. The number of benzene rings is 2. The molecule has 2 aliphatic rings. The van der Waals surface area contributed by atoms with Crippen LogP contribution >= 0.6 is 0 Å². The van der Waals surface area contributed by atoms with Crippen molar-refractivity contribution in [1.29, 1.82) is 0 Å². The molecule has 3 atom stereocenters. The van der Waals surface area contributed by atoms with Crippen molar-refractivity contribution in [3.63, 3.8) is 0 Å². The van der Waals surface area contributed by atoms with Gasteiger partial charge in [0.05, 0.1) is 31.9 Å². The Bertz CT molecular complexity index is 1640. The van der Waals surface area contributed by atoms with Gasteiger partial charge in [-0.05, 0) is 37.3 Å². The lowest BCUT2D eigenvalue weighted by Crippen LogP contribution is -2.48. The number of aliphatic hydroxyl groups is 1. The minimum absolute atomic E-state index is 0.0208. The Morgan fingerprint density at radius 3 is 2.50 bits per heavy atom. The smallest absolute Gasteiger partial charge is 0.323 e. The first-order valence-corrected chi connectivity index (χ1v) is 15.5. The van der Waals surface area contributed by atoms with Crippen molar-refractivity contribution >= 4 is 33.3 Å². The molecule has 3 aromatic rings. The Labute approximate surface area is 255 Å². The molecule has 0 unspecified atom stereocenters. The first kappa shape index (κ1) is 31.1. The third kappa shape index (κ3) is 6.74. The molecule has 15 heteroatoms. The van der Waals surface area contributed by atoms with Gasteiger partial charge in [-0.25, -0.2) is 18.2 Å². The molecule has 1 aromatic heterocycles. The van der Waals surface area contributed by atoms with Crippen LogP contribution in [0.1, 0.15) is 19.4 Å². The van der Waals surface area contributed by atoms with Crippen LogP contribution in [0.3, 0.4) is 0 Å². The fourth-order valence-electron chi connectivity index (χ4n) is 5.03. The monoisotopic (exact) mass is 628 g/mol. The molecule has 0 spiro atoms. The summed E-state index contributed by atoms with van der Waals surface area (Å²) >= 11 is 0. The molecule has 0 aliphatic carbocycles. The Morgan fingerprint density at radius 2 is 1.82 bits per heavy atom. The number of amides is 3. The molecule has 0 fully saturated rings. The number of nitrogens with zero attached hydrogens (tertiary/aromatic N) is 4. The van der Waals surface area contributed by atoms with E-state index in [1.807, 2.05) is 6.92 Å². The summed E-state index contributed by atoms with van der Waals surface area (Å²) in [6, 6.07) is 9.00. The van der Waals surface area contributed by atoms with Gasteiger partial charge in [-0.3, -0.25) is 4.79 Å². The van der Waals surface area contributed by atoms with E-state index in [9.17, 15) is 23.1 Å². The minimum Gasteiger partial charge on any atom is -0.488 e. The molecule has 5 rings (SSSR count). The molecule has 0 saturated carbocycles. The van der Waals surface area contributed by atoms with Gasteiger partial charge in [0.25, 0.3) is 10.0 Å². The molecule has 3 heterocycles. The zero-order valence-electron chi connectivity index (χ0n) is 24.9. The van der Waals surface area contributed by atoms with Crippen LogP contribution in [0.5, 0.6) is 17.2 Å². The Morgan fingerprint density at radius 1 is 1.14 bits per heavy atom. The van der Waals surface area contributed by atoms with Gasteiger partial charge < -0.3 is 39.4 Å². The second-order valence-electron chi connectivity index (χ2n) is 11.0. The molecule has 2 aromatic carbocycles. The fourth-order valence-corrected chi connectivity index (χ4v) is 6.17. The number of hydrogen-bond donors (Lipinski definition) is 3. The summed E-state index contributed by atoms with van der Waals surface area (Å²) in [6.07, 6.45) is 2.12. The number of ether oxygens (including phenoxy) is 3. The van der Waals surface area contributed by atoms with Crippen LogP contribution in [0.2, 0.25) is 0 Å². The normalized spacial score (nSPS) is 19.0. The van der Waals surface area contributed by atoms with Crippen molar-refractivity contribution < 1.29 is 37.3 Å². The van der Waals surface area contributed by atoms with Gasteiger partial charge >= 0.3 is 6.03 Å². The van der Waals surface area contributed by atoms with Gasteiger partial charge in [-0.2, -0.15) is 4.31 Å². The van der Waals surface area contributed by atoms with E-state index in [-0.39, 0.29) is 49.8 Å². The Kier molecular flexibility index (Phi) is 8.99. The van der Waals surface area contributed by atoms with Crippen LogP contribution in [0.25, 0.3) is 0 Å². The number of carbonyl (C=O) groups is 2. The van der Waals surface area contributed by atoms with Crippen molar-refractivity contribution in [2.75, 3.05) is 44.2 Å². The maximum atomic E-state index is 13.5. The molecular weight excluding hydrogens is 592 g/mol. The van der Waals surface area contributed by atoms with E-state index < -0.39 is 28.2 Å². The van der Waals surface area contributed by atoms with Crippen LogP contribution in [-0.4, -0.2) is 89.9 Å². The largest absolute Gasteiger partial charge is 0.488 e. The van der Waals surface area contributed by atoms with E-state index in [1.54, 1.807) is 59.8 Å². The van der Waals surface area contributed by atoms with E-state index in [4.69, 9.17) is 14.2 Å². The number of hydrogen-bond acceptors (Lipinski definition) is 9. The number of aryl methyl sites for hydroxylation is 1. The summed E-state index contributed by atoms with van der Waals surface area (Å²) < 4.78 is 46.3. The van der Waals surface area contributed by atoms with Crippen molar-refractivity contribution in [2.24, 2.45) is 13.0 Å². The zero-order chi connectivity index (χ0) is 31.6. The first-order chi connectivity index (χ1) is 20.9. The number of aromatic nitrogens is 2. The van der Waals surface area contributed by atoms with Crippen LogP contribution in [0, 0.1) is 5.92 Å². The predicted molar refractivity (Wildman–Crippen MR) is 160 cm³/mol. The number of fused-ring (bicyclic) bond motifs is 2. The average molecular weight is 629 g/mol. The molecule has 2 aliphatic heterocycles. The number of urea groups is 1. The standard InChI is InChI=1S/C29H36N6O8S/c1-18-12-35(19(2)15-36)28(37)10-20-9-21(31-29(38)32-22-6-8-24-25(11-22)42-17-41-24)5-7-23(20)43-26(18)13-34(4)44(39,40)27-14-33(3)16-30-27/h5-9,11,14,16,18-19,26,36H,10,12-13,15,17H2,1-4H3,(H2,31,32,38)/t18-,19-,26-/m1/s1. The number of sulfonamides is 1. The van der Waals surface area contributed by atoms with Gasteiger partial charge in [-0.15, -0.1) is 0 Å². The SMILES string of the molecule is C[C@@H]1CN([C@H](C)CO)C(=O)Cc2cc(NC(=O)Nc3ccc4c(c3)OCO4)ccc2O[C@@H]1CN(C)S(=O)(=O)c1cn(C)cn1. The molecule has 0 saturated heterocycles. The average Bonchev–Trinajstić information content (AvgIpc) is 3.65. The molecule has 44 heavy (non-hydrogen) atoms. The number of carbonyl (C=O) groups excluding carboxylic acids is 2. The van der Waals surface area contributed by atoms with Crippen molar-refractivity contribution in [3.05, 3.63) is 54.5 Å². The van der Waals surface area contributed by atoms with Crippen LogP contribution in [-0.2, 0) is 28.3 Å². The van der Waals surface area contributed by atoms with Crippen molar-refractivity contribution in [1.82, 2.24) is 18.8 Å². The summed E-state index contributed by atoms with van der Waals surface area (Å²) in [7, 11) is -0.770. The third-order valence-electron chi connectivity index (χ3n) is 7.60. The molecule has 0 bridgehead atoms. The topological polar surface area (TPSA) is 165 Å². The van der Waals surface area contributed by atoms with E-state index in [0.29, 0.717) is 34.2 Å². The maximum Gasteiger partial charge on any atom is 0.323 e. The van der Waals surface area contributed by atoms with E-state index >= 15 is 0 Å². The first-order valence-electron chi connectivity index (χ1n) is 14.1. The minimum atomic E-state index is -3.91. The second kappa shape index (κ2) is 12.7. The Hall–Kier alpha value is -4.34. The second-order valence-corrected chi connectivity index (χ2v) is 13.0. The predicted octanol–water partition coefficient (Wildman–Crippen LogP) is 2.26. The van der Waals surface area contributed by atoms with Gasteiger partial charge in [-0.1, -0.05) is 6.92 Å². The van der Waals surface area contributed by atoms with E-state index in [0.717, 1.165) is 0 Å². The number of nitrogens with one attached hydrogen (secondary N) is 2. The van der Waals surface area contributed by atoms with E-state index in [2.05, 4.69) is 15.6 Å². The summed E-state index contributed by atoms with van der Waals surface area (Å²) in [5.41, 5.74) is 1.42. The summed E-state index contributed by atoms with van der Waals surface area (Å²) in [5, 5.41) is 15.3. The lowest BCUT2D eigenvalue weighted by Gasteiger charge is -2.33. The molecule has 3 N–H and O–H groups in total. The number of likely N-dealkylation sites (N-methyl/N-ethyl adjacent to an activating group) is 1. The van der Waals surface area contributed by atoms with Gasteiger partial charge in [0.15, 0.2) is 16.5 Å². The fraction of sp³-hybridized carbons (Fsp3) is 0.414. The van der Waals surface area contributed by atoms with Crippen LogP contribution in [0.4, 0.5) is 16.2 Å². The zero-order valence-corrected chi connectivity index (χ0v) is 25.7. The van der Waals surface area contributed by atoms with Crippen molar-refractivity contribution in [2.45, 2.75) is 37.4 Å². The highest BCUT2D eigenvalue weighted by atomic mass is 32.2. The molecule has 0 radical (unpaired) electrons. The molecular formula is C29H36N6O8S. The number of aliphatic hydroxyl groups excluding tert-OH is 1. The lowest BCUT2D eigenvalue weighted by atomic mass is 10.0. The molecule has 14 nitrogen and oxygen atoms in total. The van der Waals surface area contributed by atoms with E-state index in [1.165, 1.54) is 23.9 Å². The van der Waals surface area contributed by atoms with Crippen LogP contribution < -0.4 is 24.8 Å². The molecule has 3 amide bonds. The highest BCUT2D eigenvalue weighted by molar-refractivity contribution is 7.89. The van der Waals surface area contributed by atoms with Crippen LogP contribution in [0.15, 0.2) is 53.9 Å². The summed E-state index contributed by atoms with van der Waals surface area (Å²) in [4.78, 5) is 31.9. The Balaban J connectivity index is 1.38. The summed E-state index contributed by atoms with van der Waals surface area (Å²) in [5.74, 6) is 0.959. The highest BCUT2D eigenvalue weighted by Crippen LogP contribution is 2.34. The van der Waals surface area contributed by atoms with Gasteiger partial charge in [0.1, 0.15) is 11.9 Å². The van der Waals surface area contributed by atoms with Crippen molar-refractivity contribution in [3.8, 4) is 17.2 Å². The number of imidazole rings is 1.